The van der Waals surface area contributed by atoms with Gasteiger partial charge in [0.1, 0.15) is 0 Å². The first-order chi connectivity index (χ1) is 17.4. The summed E-state index contributed by atoms with van der Waals surface area (Å²) in [5.74, 6) is 1.04. The Morgan fingerprint density at radius 2 is 1.78 bits per heavy atom. The maximum atomic E-state index is 13.6. The zero-order valence-corrected chi connectivity index (χ0v) is 22.8. The smallest absolute Gasteiger partial charge is 0.272 e. The first kappa shape index (κ1) is 25.2. The molecule has 1 saturated heterocycles. The number of piperidine rings is 1. The first-order valence-electron chi connectivity index (χ1n) is 12.7. The highest BCUT2D eigenvalue weighted by molar-refractivity contribution is 8.00. The number of fused-ring (bicyclic) bond motifs is 1. The molecule has 3 aromatic rings. The summed E-state index contributed by atoms with van der Waals surface area (Å²) < 4.78 is 1.72. The number of thioether (sulfide) groups is 2. The normalized spacial score (nSPS) is 17.9. The van der Waals surface area contributed by atoms with Crippen LogP contribution in [0.4, 0.5) is 0 Å². The van der Waals surface area contributed by atoms with Gasteiger partial charge in [-0.3, -0.25) is 14.2 Å². The Labute approximate surface area is 221 Å². The van der Waals surface area contributed by atoms with E-state index in [0.29, 0.717) is 22.1 Å². The molecular weight excluding hydrogens is 486 g/mol. The van der Waals surface area contributed by atoms with E-state index < -0.39 is 0 Å². The molecule has 2 aromatic carbocycles. The number of amides is 1. The molecule has 188 valence electrons. The Morgan fingerprint density at radius 3 is 2.47 bits per heavy atom. The molecule has 0 aliphatic carbocycles. The second-order valence-electron chi connectivity index (χ2n) is 10.1. The molecule has 5 rings (SSSR count). The van der Waals surface area contributed by atoms with Crippen molar-refractivity contribution in [1.29, 1.82) is 0 Å². The van der Waals surface area contributed by atoms with Crippen molar-refractivity contribution in [3.63, 3.8) is 0 Å². The lowest BCUT2D eigenvalue weighted by Crippen LogP contribution is -2.40. The Morgan fingerprint density at radius 1 is 1.08 bits per heavy atom. The van der Waals surface area contributed by atoms with Gasteiger partial charge in [0.25, 0.3) is 5.56 Å². The Bertz CT molecular complexity index is 1290. The molecule has 1 aromatic heterocycles. The highest BCUT2D eigenvalue weighted by Crippen LogP contribution is 2.35. The van der Waals surface area contributed by atoms with E-state index in [2.05, 4.69) is 43.3 Å². The van der Waals surface area contributed by atoms with E-state index in [1.807, 2.05) is 30.9 Å². The summed E-state index contributed by atoms with van der Waals surface area (Å²) in [6, 6.07) is 16.8. The van der Waals surface area contributed by atoms with Crippen molar-refractivity contribution in [3.8, 4) is 5.69 Å². The molecule has 36 heavy (non-hydrogen) atoms. The third-order valence-corrected chi connectivity index (χ3v) is 9.14. The Hall–Kier alpha value is -2.51. The lowest BCUT2D eigenvalue weighted by molar-refractivity contribution is -0.129. The number of hydrogen-bond donors (Lipinski definition) is 0. The molecule has 1 unspecified atom stereocenters. The summed E-state index contributed by atoms with van der Waals surface area (Å²) in [5, 5.41) is 0.956. The number of nitrogens with zero attached hydrogens (tertiary/aromatic N) is 3. The van der Waals surface area contributed by atoms with E-state index in [4.69, 9.17) is 4.98 Å². The maximum absolute atomic E-state index is 13.6. The van der Waals surface area contributed by atoms with Gasteiger partial charge in [0, 0.05) is 24.8 Å². The number of aromatic nitrogens is 2. The average molecular weight is 520 g/mol. The summed E-state index contributed by atoms with van der Waals surface area (Å²) in [7, 11) is 0. The van der Waals surface area contributed by atoms with Gasteiger partial charge >= 0.3 is 0 Å². The maximum Gasteiger partial charge on any atom is 0.272 e. The SMILES string of the molecule is Cc1cc(C)cc(-n2c(SCC(=O)N3CCC(Cc4ccccc4)CC3)nc3c(c2=O)SC(C)C3)c1. The minimum Gasteiger partial charge on any atom is -0.342 e. The van der Waals surface area contributed by atoms with Crippen molar-refractivity contribution < 1.29 is 4.79 Å². The largest absolute Gasteiger partial charge is 0.342 e. The number of benzene rings is 2. The summed E-state index contributed by atoms with van der Waals surface area (Å²) in [5.41, 5.74) is 5.25. The molecule has 3 heterocycles. The number of aryl methyl sites for hydroxylation is 2. The van der Waals surface area contributed by atoms with Gasteiger partial charge in [-0.05, 0) is 67.9 Å². The van der Waals surface area contributed by atoms with Crippen LogP contribution in [0.5, 0.6) is 0 Å². The number of likely N-dealkylation sites (tertiary alicyclic amines) is 1. The van der Waals surface area contributed by atoms with Crippen LogP contribution in [0.25, 0.3) is 5.69 Å². The van der Waals surface area contributed by atoms with Crippen LogP contribution in [0.1, 0.15) is 42.1 Å². The zero-order valence-electron chi connectivity index (χ0n) is 21.2. The molecule has 0 bridgehead atoms. The van der Waals surface area contributed by atoms with Crippen LogP contribution in [-0.2, 0) is 17.6 Å². The predicted molar refractivity (Wildman–Crippen MR) is 149 cm³/mol. The Balaban J connectivity index is 1.30. The van der Waals surface area contributed by atoms with E-state index in [0.717, 1.165) is 66.2 Å². The second kappa shape index (κ2) is 10.9. The zero-order chi connectivity index (χ0) is 25.2. The van der Waals surface area contributed by atoms with Crippen LogP contribution in [0.2, 0.25) is 0 Å². The van der Waals surface area contributed by atoms with Crippen molar-refractivity contribution in [2.45, 2.75) is 61.8 Å². The van der Waals surface area contributed by atoms with E-state index >= 15 is 0 Å². The molecule has 0 spiro atoms. The fourth-order valence-electron chi connectivity index (χ4n) is 5.26. The van der Waals surface area contributed by atoms with Gasteiger partial charge in [-0.1, -0.05) is 55.1 Å². The predicted octanol–water partition coefficient (Wildman–Crippen LogP) is 5.46. The minimum absolute atomic E-state index is 0.0176. The number of carbonyl (C=O) groups excluding carboxylic acids is 1. The lowest BCUT2D eigenvalue weighted by atomic mass is 9.90. The van der Waals surface area contributed by atoms with Crippen molar-refractivity contribution in [2.24, 2.45) is 5.92 Å². The van der Waals surface area contributed by atoms with Gasteiger partial charge < -0.3 is 4.90 Å². The van der Waals surface area contributed by atoms with Crippen LogP contribution < -0.4 is 5.56 Å². The number of rotatable bonds is 6. The summed E-state index contributed by atoms with van der Waals surface area (Å²) >= 11 is 3.00. The quantitative estimate of drug-likeness (QED) is 0.320. The van der Waals surface area contributed by atoms with Crippen LogP contribution >= 0.6 is 23.5 Å². The average Bonchev–Trinajstić information content (AvgIpc) is 3.23. The van der Waals surface area contributed by atoms with Crippen LogP contribution in [0.3, 0.4) is 0 Å². The van der Waals surface area contributed by atoms with E-state index in [1.54, 1.807) is 16.3 Å². The molecule has 2 aliphatic rings. The van der Waals surface area contributed by atoms with Gasteiger partial charge in [0.15, 0.2) is 5.16 Å². The van der Waals surface area contributed by atoms with Gasteiger partial charge in [0.2, 0.25) is 5.91 Å². The van der Waals surface area contributed by atoms with Crippen LogP contribution in [-0.4, -0.2) is 44.5 Å². The summed E-state index contributed by atoms with van der Waals surface area (Å²) in [6.45, 7) is 7.80. The van der Waals surface area contributed by atoms with Crippen molar-refractivity contribution in [3.05, 3.63) is 81.3 Å². The number of carbonyl (C=O) groups is 1. The molecule has 5 nitrogen and oxygen atoms in total. The third kappa shape index (κ3) is 5.57. The molecule has 7 heteroatoms. The molecule has 0 N–H and O–H groups in total. The van der Waals surface area contributed by atoms with Gasteiger partial charge in [-0.15, -0.1) is 11.8 Å². The highest BCUT2D eigenvalue weighted by atomic mass is 32.2. The van der Waals surface area contributed by atoms with Crippen molar-refractivity contribution in [2.75, 3.05) is 18.8 Å². The minimum atomic E-state index is -0.0176. The Kier molecular flexibility index (Phi) is 7.58. The lowest BCUT2D eigenvalue weighted by Gasteiger charge is -2.32. The van der Waals surface area contributed by atoms with E-state index in [1.165, 1.54) is 17.3 Å². The van der Waals surface area contributed by atoms with Crippen LogP contribution in [0, 0.1) is 19.8 Å². The summed E-state index contributed by atoms with van der Waals surface area (Å²) in [6.07, 6.45) is 3.93. The third-order valence-electron chi connectivity index (χ3n) is 7.00. The van der Waals surface area contributed by atoms with E-state index in [-0.39, 0.29) is 11.5 Å². The molecule has 1 atom stereocenters. The first-order valence-corrected chi connectivity index (χ1v) is 14.6. The number of hydrogen-bond acceptors (Lipinski definition) is 5. The molecular formula is C29H33N3O2S2. The molecule has 0 radical (unpaired) electrons. The topological polar surface area (TPSA) is 55.2 Å². The molecule has 0 saturated carbocycles. The van der Waals surface area contributed by atoms with E-state index in [9.17, 15) is 9.59 Å². The van der Waals surface area contributed by atoms with Gasteiger partial charge in [-0.25, -0.2) is 4.98 Å². The van der Waals surface area contributed by atoms with Gasteiger partial charge in [0.05, 0.1) is 22.0 Å². The molecule has 1 fully saturated rings. The molecule has 2 aliphatic heterocycles. The van der Waals surface area contributed by atoms with Gasteiger partial charge in [-0.2, -0.15) is 0 Å². The standard InChI is InChI=1S/C29H33N3O2S2/c1-19-13-20(2)15-24(14-19)32-28(34)27-25(16-21(3)36-27)30-29(32)35-18-26(33)31-11-9-23(10-12-31)17-22-7-5-4-6-8-22/h4-8,13-15,21,23H,9-12,16-18H2,1-3H3. The summed E-state index contributed by atoms with van der Waals surface area (Å²) in [4.78, 5) is 34.4. The fraction of sp³-hybridized carbons (Fsp3) is 0.414. The highest BCUT2D eigenvalue weighted by Gasteiger charge is 2.28. The molecule has 1 amide bonds. The monoisotopic (exact) mass is 519 g/mol. The van der Waals surface area contributed by atoms with Crippen molar-refractivity contribution in [1.82, 2.24) is 14.5 Å². The fourth-order valence-corrected chi connectivity index (χ4v) is 7.28. The van der Waals surface area contributed by atoms with Crippen molar-refractivity contribution >= 4 is 29.4 Å². The van der Waals surface area contributed by atoms with Crippen LogP contribution in [0.15, 0.2) is 63.4 Å². The second-order valence-corrected chi connectivity index (χ2v) is 12.5.